The Morgan fingerprint density at radius 1 is 1.17 bits per heavy atom. The monoisotopic (exact) mass is 287 g/mol. The van der Waals surface area contributed by atoms with Gasteiger partial charge < -0.3 is 9.64 Å². The van der Waals surface area contributed by atoms with Gasteiger partial charge in [-0.25, -0.2) is 0 Å². The molecule has 0 aliphatic carbocycles. The van der Waals surface area contributed by atoms with E-state index in [2.05, 4.69) is 11.0 Å². The summed E-state index contributed by atoms with van der Waals surface area (Å²) < 4.78 is 5.46. The first-order valence-electron chi connectivity index (χ1n) is 6.35. The fourth-order valence-corrected chi connectivity index (χ4v) is 3.31. The number of methoxy groups -OCH3 is 1. The maximum Gasteiger partial charge on any atom is 0.142 e. The fourth-order valence-electron chi connectivity index (χ4n) is 2.70. The number of ether oxygens (including phenoxy) is 1. The van der Waals surface area contributed by atoms with Gasteiger partial charge in [-0.1, -0.05) is 12.1 Å². The standard InChI is InChI=1S/C14H19Cl2NO/c1-18-14-8-3-2-7-13(14)17-11(9-15)5-4-6-12(17)10-16/h2-3,7-8,11-12H,4-6,9-10H2,1H3. The van der Waals surface area contributed by atoms with E-state index >= 15 is 0 Å². The van der Waals surface area contributed by atoms with Crippen molar-refractivity contribution in [2.24, 2.45) is 0 Å². The highest BCUT2D eigenvalue weighted by atomic mass is 35.5. The predicted molar refractivity (Wildman–Crippen MR) is 78.3 cm³/mol. The van der Waals surface area contributed by atoms with Crippen molar-refractivity contribution in [1.29, 1.82) is 0 Å². The lowest BCUT2D eigenvalue weighted by molar-refractivity contribution is 0.391. The van der Waals surface area contributed by atoms with Crippen LogP contribution in [0.25, 0.3) is 0 Å². The Kier molecular flexibility index (Phi) is 5.02. The van der Waals surface area contributed by atoms with Gasteiger partial charge in [0.2, 0.25) is 0 Å². The number of alkyl halides is 2. The Labute approximate surface area is 119 Å². The van der Waals surface area contributed by atoms with Gasteiger partial charge in [0.1, 0.15) is 5.75 Å². The van der Waals surface area contributed by atoms with Gasteiger partial charge in [0.15, 0.2) is 0 Å². The Hall–Kier alpha value is -0.600. The first-order valence-corrected chi connectivity index (χ1v) is 7.42. The molecule has 1 aliphatic heterocycles. The summed E-state index contributed by atoms with van der Waals surface area (Å²) in [5.41, 5.74) is 1.11. The minimum Gasteiger partial charge on any atom is -0.495 e. The summed E-state index contributed by atoms with van der Waals surface area (Å²) >= 11 is 12.2. The molecule has 0 aromatic heterocycles. The molecule has 0 radical (unpaired) electrons. The highest BCUT2D eigenvalue weighted by Crippen LogP contribution is 2.36. The van der Waals surface area contributed by atoms with Gasteiger partial charge in [0.25, 0.3) is 0 Å². The van der Waals surface area contributed by atoms with Crippen molar-refractivity contribution >= 4 is 28.9 Å². The molecule has 0 saturated carbocycles. The molecule has 1 saturated heterocycles. The minimum absolute atomic E-state index is 0.348. The van der Waals surface area contributed by atoms with E-state index < -0.39 is 0 Å². The van der Waals surface area contributed by atoms with Crippen LogP contribution in [-0.2, 0) is 0 Å². The number of para-hydroxylation sites is 2. The molecule has 2 nitrogen and oxygen atoms in total. The summed E-state index contributed by atoms with van der Waals surface area (Å²) in [6.45, 7) is 0. The topological polar surface area (TPSA) is 12.5 Å². The molecule has 2 atom stereocenters. The molecular formula is C14H19Cl2NO. The third kappa shape index (κ3) is 2.70. The molecule has 0 N–H and O–H groups in total. The zero-order valence-electron chi connectivity index (χ0n) is 10.6. The molecule has 1 aromatic carbocycles. The molecule has 2 unspecified atom stereocenters. The highest BCUT2D eigenvalue weighted by molar-refractivity contribution is 6.19. The Morgan fingerprint density at radius 2 is 1.78 bits per heavy atom. The molecule has 0 bridgehead atoms. The van der Waals surface area contributed by atoms with Gasteiger partial charge in [0, 0.05) is 23.8 Å². The van der Waals surface area contributed by atoms with Crippen LogP contribution in [0.2, 0.25) is 0 Å². The van der Waals surface area contributed by atoms with Crippen LogP contribution in [0, 0.1) is 0 Å². The van der Waals surface area contributed by atoms with Gasteiger partial charge in [-0.3, -0.25) is 0 Å². The van der Waals surface area contributed by atoms with E-state index in [4.69, 9.17) is 27.9 Å². The smallest absolute Gasteiger partial charge is 0.142 e. The molecule has 1 fully saturated rings. The number of nitrogens with zero attached hydrogens (tertiary/aromatic N) is 1. The fraction of sp³-hybridized carbons (Fsp3) is 0.571. The molecule has 0 spiro atoms. The first kappa shape index (κ1) is 13.8. The molecular weight excluding hydrogens is 269 g/mol. The second-order valence-corrected chi connectivity index (χ2v) is 5.24. The lowest BCUT2D eigenvalue weighted by Crippen LogP contribution is -2.49. The van der Waals surface area contributed by atoms with Gasteiger partial charge in [0.05, 0.1) is 12.8 Å². The zero-order valence-corrected chi connectivity index (χ0v) is 12.1. The van der Waals surface area contributed by atoms with Crippen molar-refractivity contribution in [3.63, 3.8) is 0 Å². The molecule has 1 aromatic rings. The second-order valence-electron chi connectivity index (χ2n) is 4.63. The van der Waals surface area contributed by atoms with Crippen molar-refractivity contribution in [2.45, 2.75) is 31.3 Å². The third-order valence-corrected chi connectivity index (χ3v) is 4.29. The van der Waals surface area contributed by atoms with Crippen LogP contribution in [0.15, 0.2) is 24.3 Å². The van der Waals surface area contributed by atoms with Crippen molar-refractivity contribution in [3.05, 3.63) is 24.3 Å². The lowest BCUT2D eigenvalue weighted by Gasteiger charge is -2.43. The number of anilines is 1. The van der Waals surface area contributed by atoms with Gasteiger partial charge in [-0.05, 0) is 31.4 Å². The summed E-state index contributed by atoms with van der Waals surface area (Å²) in [5.74, 6) is 2.15. The molecule has 100 valence electrons. The van der Waals surface area contributed by atoms with Crippen LogP contribution < -0.4 is 9.64 Å². The Balaban J connectivity index is 2.36. The van der Waals surface area contributed by atoms with Crippen LogP contribution in [0.4, 0.5) is 5.69 Å². The maximum absolute atomic E-state index is 6.12. The quantitative estimate of drug-likeness (QED) is 0.779. The molecule has 18 heavy (non-hydrogen) atoms. The van der Waals surface area contributed by atoms with Gasteiger partial charge >= 0.3 is 0 Å². The summed E-state index contributed by atoms with van der Waals surface area (Å²) in [6.07, 6.45) is 3.43. The molecule has 1 aliphatic rings. The van der Waals surface area contributed by atoms with Gasteiger partial charge in [-0.2, -0.15) is 0 Å². The van der Waals surface area contributed by atoms with E-state index in [-0.39, 0.29) is 0 Å². The SMILES string of the molecule is COc1ccccc1N1C(CCl)CCCC1CCl. The summed E-state index contributed by atoms with van der Waals surface area (Å²) in [7, 11) is 1.70. The normalized spacial score (nSPS) is 24.1. The van der Waals surface area contributed by atoms with Crippen molar-refractivity contribution in [3.8, 4) is 5.75 Å². The van der Waals surface area contributed by atoms with Gasteiger partial charge in [-0.15, -0.1) is 23.2 Å². The van der Waals surface area contributed by atoms with Crippen LogP contribution in [0.1, 0.15) is 19.3 Å². The maximum atomic E-state index is 6.12. The van der Waals surface area contributed by atoms with Crippen molar-refractivity contribution < 1.29 is 4.74 Å². The first-order chi connectivity index (χ1) is 8.81. The van der Waals surface area contributed by atoms with Crippen LogP contribution in [0.5, 0.6) is 5.75 Å². The van der Waals surface area contributed by atoms with E-state index in [1.807, 2.05) is 18.2 Å². The molecule has 0 amide bonds. The number of halogens is 2. The van der Waals surface area contributed by atoms with Crippen LogP contribution >= 0.6 is 23.2 Å². The zero-order chi connectivity index (χ0) is 13.0. The van der Waals surface area contributed by atoms with E-state index in [1.54, 1.807) is 7.11 Å². The summed E-state index contributed by atoms with van der Waals surface area (Å²) in [4.78, 5) is 2.35. The van der Waals surface area contributed by atoms with Crippen LogP contribution in [0.3, 0.4) is 0 Å². The van der Waals surface area contributed by atoms with E-state index in [9.17, 15) is 0 Å². The predicted octanol–water partition coefficient (Wildman–Crippen LogP) is 3.90. The number of hydrogen-bond acceptors (Lipinski definition) is 2. The lowest BCUT2D eigenvalue weighted by atomic mass is 9.96. The average Bonchev–Trinajstić information content (AvgIpc) is 2.46. The number of hydrogen-bond donors (Lipinski definition) is 0. The molecule has 2 rings (SSSR count). The average molecular weight is 288 g/mol. The van der Waals surface area contributed by atoms with Crippen molar-refractivity contribution in [1.82, 2.24) is 0 Å². The second kappa shape index (κ2) is 6.53. The van der Waals surface area contributed by atoms with Crippen LogP contribution in [-0.4, -0.2) is 31.0 Å². The summed E-state index contributed by atoms with van der Waals surface area (Å²) in [5, 5.41) is 0. The Bertz CT molecular complexity index is 374. The number of rotatable bonds is 4. The minimum atomic E-state index is 0.348. The largest absolute Gasteiger partial charge is 0.495 e. The van der Waals surface area contributed by atoms with Crippen molar-refractivity contribution in [2.75, 3.05) is 23.8 Å². The van der Waals surface area contributed by atoms with E-state index in [1.165, 1.54) is 6.42 Å². The molecule has 1 heterocycles. The third-order valence-electron chi connectivity index (χ3n) is 3.58. The van der Waals surface area contributed by atoms with E-state index in [0.29, 0.717) is 23.8 Å². The molecule has 4 heteroatoms. The highest BCUT2D eigenvalue weighted by Gasteiger charge is 2.31. The Morgan fingerprint density at radius 3 is 2.33 bits per heavy atom. The summed E-state index contributed by atoms with van der Waals surface area (Å²) in [6, 6.07) is 8.78. The van der Waals surface area contributed by atoms with E-state index in [0.717, 1.165) is 24.3 Å². The number of benzene rings is 1. The number of piperidine rings is 1.